The minimum Gasteiger partial charge on any atom is -0.478 e. The Morgan fingerprint density at radius 3 is 2.52 bits per heavy atom. The molecule has 0 spiro atoms. The first-order chi connectivity index (χ1) is 9.88. The smallest absolute Gasteiger partial charge is 0.337 e. The number of nitrogens with one attached hydrogen (secondary N) is 1. The van der Waals surface area contributed by atoms with E-state index in [0.717, 1.165) is 6.07 Å². The summed E-state index contributed by atoms with van der Waals surface area (Å²) in [5.74, 6) is -2.73. The number of aromatic carboxylic acids is 1. The van der Waals surface area contributed by atoms with Crippen molar-refractivity contribution in [1.82, 2.24) is 0 Å². The summed E-state index contributed by atoms with van der Waals surface area (Å²) in [7, 11) is 0. The Kier molecular flexibility index (Phi) is 4.59. The van der Waals surface area contributed by atoms with Gasteiger partial charge in [0.25, 0.3) is 5.91 Å². The van der Waals surface area contributed by atoms with E-state index < -0.39 is 17.7 Å². The molecule has 0 saturated carbocycles. The van der Waals surface area contributed by atoms with Crippen LogP contribution in [-0.2, 0) is 0 Å². The van der Waals surface area contributed by atoms with Crippen molar-refractivity contribution in [2.75, 3.05) is 5.32 Å². The zero-order valence-electron chi connectivity index (χ0n) is 10.4. The number of anilines is 1. The van der Waals surface area contributed by atoms with E-state index >= 15 is 0 Å². The van der Waals surface area contributed by atoms with E-state index in [4.69, 9.17) is 16.7 Å². The molecule has 2 aromatic rings. The summed E-state index contributed by atoms with van der Waals surface area (Å²) in [6.07, 6.45) is 0. The summed E-state index contributed by atoms with van der Waals surface area (Å²) < 4.78 is 14.2. The summed E-state index contributed by atoms with van der Waals surface area (Å²) in [5, 5.41) is 11.7. The highest BCUT2D eigenvalue weighted by molar-refractivity contribution is 9.10. The Balaban J connectivity index is 2.36. The number of carbonyl (C=O) groups is 2. The lowest BCUT2D eigenvalue weighted by Gasteiger charge is -2.09. The Morgan fingerprint density at radius 1 is 1.14 bits per heavy atom. The number of carbonyl (C=O) groups excluding carboxylic acids is 1. The molecule has 0 radical (unpaired) electrons. The summed E-state index contributed by atoms with van der Waals surface area (Å²) in [6, 6.07) is 7.87. The number of carboxylic acids is 1. The normalized spacial score (nSPS) is 10.2. The third-order valence-corrected chi connectivity index (χ3v) is 3.36. The number of hydrogen-bond acceptors (Lipinski definition) is 2. The second-order valence-electron chi connectivity index (χ2n) is 4.07. The molecule has 0 aliphatic carbocycles. The van der Waals surface area contributed by atoms with Gasteiger partial charge in [-0.15, -0.1) is 0 Å². The molecule has 21 heavy (non-hydrogen) atoms. The Labute approximate surface area is 132 Å². The quantitative estimate of drug-likeness (QED) is 0.849. The van der Waals surface area contributed by atoms with E-state index in [1.807, 2.05) is 0 Å². The fourth-order valence-corrected chi connectivity index (χ4v) is 2.20. The van der Waals surface area contributed by atoms with Crippen LogP contribution in [0.15, 0.2) is 40.9 Å². The molecule has 7 heteroatoms. The van der Waals surface area contributed by atoms with Crippen LogP contribution in [0.25, 0.3) is 0 Å². The number of benzene rings is 2. The molecular weight excluding hydrogens is 365 g/mol. The second-order valence-corrected chi connectivity index (χ2v) is 5.43. The minimum atomic E-state index is -1.21. The molecule has 0 fully saturated rings. The zero-order chi connectivity index (χ0) is 15.6. The highest BCUT2D eigenvalue weighted by Crippen LogP contribution is 2.23. The van der Waals surface area contributed by atoms with Gasteiger partial charge in [0.2, 0.25) is 0 Å². The van der Waals surface area contributed by atoms with Crippen molar-refractivity contribution in [1.29, 1.82) is 0 Å². The lowest BCUT2D eigenvalue weighted by Crippen LogP contribution is -2.16. The van der Waals surface area contributed by atoms with Gasteiger partial charge in [-0.1, -0.05) is 27.5 Å². The van der Waals surface area contributed by atoms with Gasteiger partial charge in [-0.05, 0) is 36.4 Å². The molecule has 2 aromatic carbocycles. The van der Waals surface area contributed by atoms with Crippen molar-refractivity contribution in [3.8, 4) is 0 Å². The van der Waals surface area contributed by atoms with Crippen LogP contribution in [0.2, 0.25) is 5.02 Å². The molecule has 0 saturated heterocycles. The Hall–Kier alpha value is -1.92. The fourth-order valence-electron chi connectivity index (χ4n) is 1.66. The van der Waals surface area contributed by atoms with Gasteiger partial charge in [-0.3, -0.25) is 4.79 Å². The monoisotopic (exact) mass is 371 g/mol. The molecule has 0 atom stereocenters. The molecule has 0 aliphatic heterocycles. The minimum absolute atomic E-state index is 0.0649. The average Bonchev–Trinajstić information content (AvgIpc) is 2.43. The van der Waals surface area contributed by atoms with Crippen LogP contribution in [0.5, 0.6) is 0 Å². The molecule has 108 valence electrons. The summed E-state index contributed by atoms with van der Waals surface area (Å²) >= 11 is 8.86. The molecule has 4 nitrogen and oxygen atoms in total. The van der Waals surface area contributed by atoms with Crippen molar-refractivity contribution in [2.45, 2.75) is 0 Å². The van der Waals surface area contributed by atoms with Gasteiger partial charge in [0, 0.05) is 9.50 Å². The van der Waals surface area contributed by atoms with Gasteiger partial charge in [0.1, 0.15) is 5.82 Å². The predicted molar refractivity (Wildman–Crippen MR) is 80.5 cm³/mol. The largest absolute Gasteiger partial charge is 0.478 e. The molecule has 2 N–H and O–H groups in total. The molecule has 0 bridgehead atoms. The van der Waals surface area contributed by atoms with E-state index in [9.17, 15) is 14.0 Å². The number of carboxylic acid groups (broad SMARTS) is 1. The average molecular weight is 373 g/mol. The topological polar surface area (TPSA) is 66.4 Å². The van der Waals surface area contributed by atoms with Crippen LogP contribution in [-0.4, -0.2) is 17.0 Å². The lowest BCUT2D eigenvalue weighted by atomic mass is 10.1. The Morgan fingerprint density at radius 2 is 1.86 bits per heavy atom. The first-order valence-electron chi connectivity index (χ1n) is 5.67. The van der Waals surface area contributed by atoms with Gasteiger partial charge in [-0.25, -0.2) is 9.18 Å². The predicted octanol–water partition coefficient (Wildman–Crippen LogP) is 4.19. The number of hydrogen-bond donors (Lipinski definition) is 2. The van der Waals surface area contributed by atoms with Crippen LogP contribution in [0.1, 0.15) is 20.7 Å². The van der Waals surface area contributed by atoms with Crippen LogP contribution >= 0.6 is 27.5 Å². The summed E-state index contributed by atoms with van der Waals surface area (Å²) in [4.78, 5) is 23.2. The molecule has 1 amide bonds. The third-order valence-electron chi connectivity index (χ3n) is 2.63. The van der Waals surface area contributed by atoms with E-state index in [2.05, 4.69) is 21.2 Å². The highest BCUT2D eigenvalue weighted by atomic mass is 79.9. The van der Waals surface area contributed by atoms with Gasteiger partial charge in [0.05, 0.1) is 16.8 Å². The molecular formula is C14H8BrClFNO3. The zero-order valence-corrected chi connectivity index (χ0v) is 12.7. The van der Waals surface area contributed by atoms with Crippen LogP contribution in [0.4, 0.5) is 10.1 Å². The maximum absolute atomic E-state index is 13.6. The van der Waals surface area contributed by atoms with Crippen molar-refractivity contribution in [3.05, 3.63) is 62.8 Å². The SMILES string of the molecule is O=C(Nc1ccc(Br)cc1C(=O)O)c1cc(Cl)ccc1F. The van der Waals surface area contributed by atoms with Gasteiger partial charge in [-0.2, -0.15) is 0 Å². The van der Waals surface area contributed by atoms with Crippen LogP contribution < -0.4 is 5.32 Å². The lowest BCUT2D eigenvalue weighted by molar-refractivity contribution is 0.0698. The first-order valence-corrected chi connectivity index (χ1v) is 6.85. The number of rotatable bonds is 3. The van der Waals surface area contributed by atoms with Crippen molar-refractivity contribution in [3.63, 3.8) is 0 Å². The highest BCUT2D eigenvalue weighted by Gasteiger charge is 2.16. The van der Waals surface area contributed by atoms with Gasteiger partial charge in [0.15, 0.2) is 0 Å². The molecule has 0 aromatic heterocycles. The fraction of sp³-hybridized carbons (Fsp3) is 0. The molecule has 0 aliphatic rings. The summed E-state index contributed by atoms with van der Waals surface area (Å²) in [5.41, 5.74) is -0.308. The molecule has 0 heterocycles. The van der Waals surface area contributed by atoms with E-state index in [1.54, 1.807) is 6.07 Å². The summed E-state index contributed by atoms with van der Waals surface area (Å²) in [6.45, 7) is 0. The number of amides is 1. The molecule has 2 rings (SSSR count). The van der Waals surface area contributed by atoms with Crippen molar-refractivity contribution >= 4 is 45.1 Å². The molecule has 0 unspecified atom stereocenters. The van der Waals surface area contributed by atoms with Crippen LogP contribution in [0.3, 0.4) is 0 Å². The van der Waals surface area contributed by atoms with E-state index in [1.165, 1.54) is 24.3 Å². The third kappa shape index (κ3) is 3.59. The van der Waals surface area contributed by atoms with Crippen LogP contribution in [0, 0.1) is 5.82 Å². The second kappa shape index (κ2) is 6.24. The van der Waals surface area contributed by atoms with Gasteiger partial charge < -0.3 is 10.4 Å². The maximum atomic E-state index is 13.6. The van der Waals surface area contributed by atoms with E-state index in [0.29, 0.717) is 4.47 Å². The Bertz CT molecular complexity index is 736. The standard InChI is InChI=1S/C14H8BrClFNO3/c15-7-1-4-12(10(5-7)14(20)21)18-13(19)9-6-8(16)2-3-11(9)17/h1-6H,(H,18,19)(H,20,21). The van der Waals surface area contributed by atoms with Crippen molar-refractivity contribution in [2.24, 2.45) is 0 Å². The van der Waals surface area contributed by atoms with E-state index in [-0.39, 0.29) is 21.8 Å². The number of halogens is 3. The van der Waals surface area contributed by atoms with Gasteiger partial charge >= 0.3 is 5.97 Å². The maximum Gasteiger partial charge on any atom is 0.337 e. The van der Waals surface area contributed by atoms with Crippen molar-refractivity contribution < 1.29 is 19.1 Å². The first kappa shape index (κ1) is 15.5.